The van der Waals surface area contributed by atoms with Gasteiger partial charge in [0.25, 0.3) is 0 Å². The molecule has 0 heterocycles. The van der Waals surface area contributed by atoms with E-state index in [4.69, 9.17) is 27.9 Å². The normalized spacial score (nSPS) is 12.5. The summed E-state index contributed by atoms with van der Waals surface area (Å²) < 4.78 is 32.4. The van der Waals surface area contributed by atoms with Crippen molar-refractivity contribution in [2.24, 2.45) is 0 Å². The summed E-state index contributed by atoms with van der Waals surface area (Å²) in [7, 11) is -3.87. The van der Waals surface area contributed by atoms with E-state index in [0.717, 1.165) is 0 Å². The predicted octanol–water partition coefficient (Wildman–Crippen LogP) is 3.70. The third kappa shape index (κ3) is 5.35. The highest BCUT2D eigenvalue weighted by Gasteiger charge is 2.22. The van der Waals surface area contributed by atoms with Crippen LogP contribution in [0.5, 0.6) is 5.75 Å². The van der Waals surface area contributed by atoms with Crippen LogP contribution in [0.3, 0.4) is 0 Å². The number of benzene rings is 2. The zero-order valence-electron chi connectivity index (χ0n) is 14.1. The van der Waals surface area contributed by atoms with E-state index in [1.54, 1.807) is 18.2 Å². The van der Waals surface area contributed by atoms with E-state index in [-0.39, 0.29) is 9.92 Å². The maximum atomic E-state index is 12.4. The Balaban J connectivity index is 2.06. The number of carbonyl (C=O) groups is 1. The van der Waals surface area contributed by atoms with E-state index in [1.807, 2.05) is 6.92 Å². The van der Waals surface area contributed by atoms with Gasteiger partial charge < -0.3 is 10.1 Å². The zero-order valence-corrected chi connectivity index (χ0v) is 16.5. The second-order valence-corrected chi connectivity index (χ2v) is 7.92. The number of amides is 1. The van der Waals surface area contributed by atoms with Gasteiger partial charge in [-0.25, -0.2) is 8.42 Å². The van der Waals surface area contributed by atoms with Crippen LogP contribution in [0.4, 0.5) is 5.69 Å². The van der Waals surface area contributed by atoms with E-state index in [9.17, 15) is 13.2 Å². The molecule has 0 aliphatic carbocycles. The number of ether oxygens (including phenoxy) is 1. The van der Waals surface area contributed by atoms with Crippen LogP contribution >= 0.6 is 23.2 Å². The molecular formula is C17H18Cl2N2O4S. The summed E-state index contributed by atoms with van der Waals surface area (Å²) in [5.41, 5.74) is 0.341. The second kappa shape index (κ2) is 8.73. The Morgan fingerprint density at radius 2 is 1.81 bits per heavy atom. The first-order valence-electron chi connectivity index (χ1n) is 7.74. The molecule has 0 bridgehead atoms. The van der Waals surface area contributed by atoms with Crippen LogP contribution in [0.2, 0.25) is 10.0 Å². The van der Waals surface area contributed by atoms with Crippen molar-refractivity contribution in [1.29, 1.82) is 0 Å². The smallest absolute Gasteiger partial charge is 0.242 e. The second-order valence-electron chi connectivity index (χ2n) is 5.36. The Morgan fingerprint density at radius 1 is 1.15 bits per heavy atom. The van der Waals surface area contributed by atoms with Crippen molar-refractivity contribution >= 4 is 44.8 Å². The standard InChI is InChI=1S/C17H18Cl2N2O4S/c1-3-25-13-5-7-14(8-6-13)26(23,24)21-11(2)17(22)20-16-9-4-12(18)10-15(16)19/h4-11,21H,3H2,1-2H3,(H,20,22)/t11-/m0/s1. The molecule has 26 heavy (non-hydrogen) atoms. The summed E-state index contributed by atoms with van der Waals surface area (Å²) in [6, 6.07) is 9.49. The Bertz CT molecular complexity index is 886. The molecular weight excluding hydrogens is 399 g/mol. The van der Waals surface area contributed by atoms with E-state index < -0.39 is 22.0 Å². The quantitative estimate of drug-likeness (QED) is 0.720. The van der Waals surface area contributed by atoms with Gasteiger partial charge in [0.05, 0.1) is 28.3 Å². The predicted molar refractivity (Wildman–Crippen MR) is 102 cm³/mol. The number of carbonyl (C=O) groups excluding carboxylic acids is 1. The van der Waals surface area contributed by atoms with Crippen molar-refractivity contribution in [3.05, 3.63) is 52.5 Å². The molecule has 0 aliphatic heterocycles. The minimum atomic E-state index is -3.87. The summed E-state index contributed by atoms with van der Waals surface area (Å²) >= 11 is 11.8. The Hall–Kier alpha value is -1.80. The molecule has 0 unspecified atom stereocenters. The molecule has 1 atom stereocenters. The Labute approximate surface area is 162 Å². The fraction of sp³-hybridized carbons (Fsp3) is 0.235. The zero-order chi connectivity index (χ0) is 19.3. The third-order valence-corrected chi connectivity index (χ3v) is 5.46. The highest BCUT2D eigenvalue weighted by atomic mass is 35.5. The van der Waals surface area contributed by atoms with Gasteiger partial charge in [-0.15, -0.1) is 0 Å². The molecule has 6 nitrogen and oxygen atoms in total. The van der Waals surface area contributed by atoms with Crippen LogP contribution in [0.15, 0.2) is 47.4 Å². The molecule has 0 fully saturated rings. The average Bonchev–Trinajstić information content (AvgIpc) is 2.57. The number of rotatable bonds is 7. The summed E-state index contributed by atoms with van der Waals surface area (Å²) in [4.78, 5) is 12.3. The largest absolute Gasteiger partial charge is 0.494 e. The van der Waals surface area contributed by atoms with Crippen molar-refractivity contribution in [2.45, 2.75) is 24.8 Å². The van der Waals surface area contributed by atoms with Crippen LogP contribution < -0.4 is 14.8 Å². The molecule has 0 radical (unpaired) electrons. The van der Waals surface area contributed by atoms with Crippen molar-refractivity contribution < 1.29 is 17.9 Å². The van der Waals surface area contributed by atoms with Crippen molar-refractivity contribution in [3.8, 4) is 5.75 Å². The topological polar surface area (TPSA) is 84.5 Å². The van der Waals surface area contributed by atoms with Gasteiger partial charge in [0, 0.05) is 5.02 Å². The third-order valence-electron chi connectivity index (χ3n) is 3.36. The number of nitrogens with one attached hydrogen (secondary N) is 2. The molecule has 2 aromatic rings. The Kier molecular flexibility index (Phi) is 6.88. The number of sulfonamides is 1. The van der Waals surface area contributed by atoms with Gasteiger partial charge >= 0.3 is 0 Å². The number of halogens is 2. The van der Waals surface area contributed by atoms with E-state index in [1.165, 1.54) is 31.2 Å². The number of anilines is 1. The highest BCUT2D eigenvalue weighted by Crippen LogP contribution is 2.25. The van der Waals surface area contributed by atoms with Crippen LogP contribution in [-0.2, 0) is 14.8 Å². The number of hydrogen-bond donors (Lipinski definition) is 2. The van der Waals surface area contributed by atoms with Crippen molar-refractivity contribution in [1.82, 2.24) is 4.72 Å². The SMILES string of the molecule is CCOc1ccc(S(=O)(=O)N[C@@H](C)C(=O)Nc2ccc(Cl)cc2Cl)cc1. The van der Waals surface area contributed by atoms with Crippen LogP contribution in [0, 0.1) is 0 Å². The molecule has 0 aromatic heterocycles. The minimum absolute atomic E-state index is 0.0325. The molecule has 2 aromatic carbocycles. The van der Waals surface area contributed by atoms with Gasteiger partial charge in [0.15, 0.2) is 0 Å². The molecule has 0 saturated carbocycles. The lowest BCUT2D eigenvalue weighted by Crippen LogP contribution is -2.41. The lowest BCUT2D eigenvalue weighted by molar-refractivity contribution is -0.117. The van der Waals surface area contributed by atoms with Crippen LogP contribution in [0.25, 0.3) is 0 Å². The molecule has 0 saturated heterocycles. The lowest BCUT2D eigenvalue weighted by Gasteiger charge is -2.15. The Morgan fingerprint density at radius 3 is 2.38 bits per heavy atom. The summed E-state index contributed by atoms with van der Waals surface area (Å²) in [5.74, 6) is 0.0124. The maximum Gasteiger partial charge on any atom is 0.242 e. The molecule has 0 aliphatic rings. The molecule has 0 spiro atoms. The molecule has 2 rings (SSSR count). The fourth-order valence-electron chi connectivity index (χ4n) is 2.07. The van der Waals surface area contributed by atoms with E-state index in [0.29, 0.717) is 23.1 Å². The monoisotopic (exact) mass is 416 g/mol. The van der Waals surface area contributed by atoms with Gasteiger partial charge in [-0.3, -0.25) is 4.79 Å². The first-order valence-corrected chi connectivity index (χ1v) is 9.98. The lowest BCUT2D eigenvalue weighted by atomic mass is 10.3. The van der Waals surface area contributed by atoms with Crippen molar-refractivity contribution in [3.63, 3.8) is 0 Å². The average molecular weight is 417 g/mol. The van der Waals surface area contributed by atoms with E-state index >= 15 is 0 Å². The van der Waals surface area contributed by atoms with Gasteiger partial charge in [-0.2, -0.15) is 4.72 Å². The van der Waals surface area contributed by atoms with Crippen LogP contribution in [-0.4, -0.2) is 27.0 Å². The van der Waals surface area contributed by atoms with Crippen molar-refractivity contribution in [2.75, 3.05) is 11.9 Å². The molecule has 140 valence electrons. The first-order chi connectivity index (χ1) is 12.2. The maximum absolute atomic E-state index is 12.4. The van der Waals surface area contributed by atoms with Gasteiger partial charge in [0.2, 0.25) is 15.9 Å². The molecule has 2 N–H and O–H groups in total. The highest BCUT2D eigenvalue weighted by molar-refractivity contribution is 7.89. The first kappa shape index (κ1) is 20.5. The summed E-state index contributed by atoms with van der Waals surface area (Å²) in [6.07, 6.45) is 0. The van der Waals surface area contributed by atoms with E-state index in [2.05, 4.69) is 10.0 Å². The number of hydrogen-bond acceptors (Lipinski definition) is 4. The molecule has 9 heteroatoms. The van der Waals surface area contributed by atoms with Gasteiger partial charge in [0.1, 0.15) is 5.75 Å². The van der Waals surface area contributed by atoms with Gasteiger partial charge in [-0.1, -0.05) is 23.2 Å². The summed E-state index contributed by atoms with van der Waals surface area (Å²) in [6.45, 7) is 3.75. The van der Waals surface area contributed by atoms with Gasteiger partial charge in [-0.05, 0) is 56.3 Å². The van der Waals surface area contributed by atoms with Crippen LogP contribution in [0.1, 0.15) is 13.8 Å². The summed E-state index contributed by atoms with van der Waals surface area (Å²) in [5, 5.41) is 3.25. The minimum Gasteiger partial charge on any atom is -0.494 e. The molecule has 1 amide bonds. The fourth-order valence-corrected chi connectivity index (χ4v) is 3.73.